The van der Waals surface area contributed by atoms with Crippen LogP contribution in [0, 0.1) is 11.8 Å². The molecule has 118 valence electrons. The lowest BCUT2D eigenvalue weighted by atomic mass is 9.94. The van der Waals surface area contributed by atoms with Crippen molar-refractivity contribution in [3.8, 4) is 0 Å². The predicted molar refractivity (Wildman–Crippen MR) is 80.2 cm³/mol. The van der Waals surface area contributed by atoms with Crippen LogP contribution in [0.2, 0.25) is 0 Å². The maximum atomic E-state index is 12.9. The molecule has 1 aliphatic heterocycles. The van der Waals surface area contributed by atoms with Gasteiger partial charge in [0.2, 0.25) is 0 Å². The van der Waals surface area contributed by atoms with E-state index in [2.05, 4.69) is 0 Å². The van der Waals surface area contributed by atoms with Crippen molar-refractivity contribution < 1.29 is 19.4 Å². The van der Waals surface area contributed by atoms with Crippen LogP contribution in [0.1, 0.15) is 30.9 Å². The Morgan fingerprint density at radius 1 is 1.27 bits per heavy atom. The summed E-state index contributed by atoms with van der Waals surface area (Å²) in [5.41, 5.74) is 0.760. The summed E-state index contributed by atoms with van der Waals surface area (Å²) in [6.07, 6.45) is 2.24. The Hall–Kier alpha value is -1.88. The Morgan fingerprint density at radius 3 is 2.64 bits per heavy atom. The summed E-state index contributed by atoms with van der Waals surface area (Å²) in [6.45, 7) is 0.535. The summed E-state index contributed by atoms with van der Waals surface area (Å²) >= 11 is 0. The van der Waals surface area contributed by atoms with E-state index in [0.717, 1.165) is 24.8 Å². The highest BCUT2D eigenvalue weighted by Gasteiger charge is 2.50. The molecule has 2 fully saturated rings. The SMILES string of the molecule is CO[C@@H](C(=O)N1CC2CCCC2C1C(=O)O)c1ccccc1. The average Bonchev–Trinajstić information content (AvgIpc) is 3.08. The van der Waals surface area contributed by atoms with Crippen LogP contribution < -0.4 is 0 Å². The number of ether oxygens (including phenoxy) is 1. The molecule has 4 atom stereocenters. The number of methoxy groups -OCH3 is 1. The standard InChI is InChI=1S/C17H21NO4/c1-22-15(11-6-3-2-4-7-11)16(19)18-10-12-8-5-9-13(12)14(18)17(20)21/h2-4,6-7,12-15H,5,8-10H2,1H3,(H,20,21)/t12?,13?,14?,15-/m1/s1. The first kappa shape index (κ1) is 15.0. The quantitative estimate of drug-likeness (QED) is 0.925. The second kappa shape index (κ2) is 6.08. The fourth-order valence-electron chi connectivity index (χ4n) is 4.01. The van der Waals surface area contributed by atoms with Crippen molar-refractivity contribution in [2.45, 2.75) is 31.4 Å². The molecule has 22 heavy (non-hydrogen) atoms. The van der Waals surface area contributed by atoms with Gasteiger partial charge in [0.1, 0.15) is 6.04 Å². The molecule has 0 spiro atoms. The molecule has 0 radical (unpaired) electrons. The van der Waals surface area contributed by atoms with Crippen LogP contribution in [0.15, 0.2) is 30.3 Å². The van der Waals surface area contributed by atoms with Gasteiger partial charge in [-0.1, -0.05) is 36.8 Å². The zero-order valence-electron chi connectivity index (χ0n) is 12.6. The number of amides is 1. The van der Waals surface area contributed by atoms with Crippen LogP contribution in [-0.4, -0.2) is 41.6 Å². The summed E-state index contributed by atoms with van der Waals surface area (Å²) in [6, 6.07) is 8.53. The van der Waals surface area contributed by atoms with Crippen molar-refractivity contribution in [1.82, 2.24) is 4.90 Å². The van der Waals surface area contributed by atoms with Crippen LogP contribution in [0.5, 0.6) is 0 Å². The predicted octanol–water partition coefficient (Wildman–Crippen LogP) is 2.09. The summed E-state index contributed by atoms with van der Waals surface area (Å²) in [4.78, 5) is 26.1. The largest absolute Gasteiger partial charge is 0.480 e. The zero-order valence-corrected chi connectivity index (χ0v) is 12.6. The van der Waals surface area contributed by atoms with E-state index in [0.29, 0.717) is 12.5 Å². The molecule has 1 amide bonds. The number of carbonyl (C=O) groups is 2. The van der Waals surface area contributed by atoms with Crippen molar-refractivity contribution >= 4 is 11.9 Å². The number of likely N-dealkylation sites (tertiary alicyclic amines) is 1. The number of carboxylic acid groups (broad SMARTS) is 1. The van der Waals surface area contributed by atoms with Crippen molar-refractivity contribution in [2.24, 2.45) is 11.8 Å². The number of benzene rings is 1. The first-order valence-electron chi connectivity index (χ1n) is 7.74. The average molecular weight is 303 g/mol. The molecule has 1 saturated heterocycles. The van der Waals surface area contributed by atoms with Crippen molar-refractivity contribution in [2.75, 3.05) is 13.7 Å². The lowest BCUT2D eigenvalue weighted by molar-refractivity contribution is -0.154. The summed E-state index contributed by atoms with van der Waals surface area (Å²) in [5.74, 6) is -0.728. The van der Waals surface area contributed by atoms with E-state index in [1.807, 2.05) is 30.3 Å². The third-order valence-corrected chi connectivity index (χ3v) is 4.99. The number of hydrogen-bond acceptors (Lipinski definition) is 3. The second-order valence-corrected chi connectivity index (χ2v) is 6.15. The van der Waals surface area contributed by atoms with Gasteiger partial charge in [0.05, 0.1) is 0 Å². The molecule has 1 aliphatic carbocycles. The van der Waals surface area contributed by atoms with Gasteiger partial charge in [0, 0.05) is 13.7 Å². The molecule has 5 nitrogen and oxygen atoms in total. The summed E-state index contributed by atoms with van der Waals surface area (Å²) in [5, 5.41) is 9.57. The zero-order chi connectivity index (χ0) is 15.7. The van der Waals surface area contributed by atoms with E-state index in [9.17, 15) is 14.7 Å². The number of fused-ring (bicyclic) bond motifs is 1. The molecule has 1 aromatic rings. The maximum absolute atomic E-state index is 12.9. The third kappa shape index (κ3) is 2.50. The Bertz CT molecular complexity index is 559. The molecule has 1 saturated carbocycles. The summed E-state index contributed by atoms with van der Waals surface area (Å²) in [7, 11) is 1.49. The molecular weight excluding hydrogens is 282 g/mol. The van der Waals surface area contributed by atoms with E-state index in [4.69, 9.17) is 4.74 Å². The number of aliphatic carboxylic acids is 1. The molecule has 3 rings (SSSR count). The molecular formula is C17H21NO4. The maximum Gasteiger partial charge on any atom is 0.326 e. The van der Waals surface area contributed by atoms with Gasteiger partial charge in [-0.05, 0) is 30.2 Å². The van der Waals surface area contributed by atoms with E-state index in [-0.39, 0.29) is 11.8 Å². The molecule has 2 aliphatic rings. The van der Waals surface area contributed by atoms with Crippen molar-refractivity contribution in [3.63, 3.8) is 0 Å². The van der Waals surface area contributed by atoms with Gasteiger partial charge < -0.3 is 14.7 Å². The van der Waals surface area contributed by atoms with Crippen molar-refractivity contribution in [3.05, 3.63) is 35.9 Å². The number of carbonyl (C=O) groups excluding carboxylic acids is 1. The van der Waals surface area contributed by atoms with Crippen LogP contribution in [0.25, 0.3) is 0 Å². The normalized spacial score (nSPS) is 28.4. The summed E-state index contributed by atoms with van der Waals surface area (Å²) < 4.78 is 5.38. The lowest BCUT2D eigenvalue weighted by Crippen LogP contribution is -2.45. The van der Waals surface area contributed by atoms with Gasteiger partial charge >= 0.3 is 5.97 Å². The van der Waals surface area contributed by atoms with E-state index in [1.165, 1.54) is 12.0 Å². The number of rotatable bonds is 4. The van der Waals surface area contributed by atoms with Crippen LogP contribution >= 0.6 is 0 Å². The second-order valence-electron chi connectivity index (χ2n) is 6.15. The number of carboxylic acids is 1. The minimum absolute atomic E-state index is 0.0923. The van der Waals surface area contributed by atoms with Crippen LogP contribution in [-0.2, 0) is 14.3 Å². The van der Waals surface area contributed by atoms with Gasteiger partial charge in [-0.15, -0.1) is 0 Å². The third-order valence-electron chi connectivity index (χ3n) is 4.99. The Kier molecular flexibility index (Phi) is 4.16. The minimum atomic E-state index is -0.898. The highest BCUT2D eigenvalue weighted by molar-refractivity contribution is 5.88. The lowest BCUT2D eigenvalue weighted by Gasteiger charge is -2.28. The van der Waals surface area contributed by atoms with Gasteiger partial charge in [-0.3, -0.25) is 4.79 Å². The first-order valence-corrected chi connectivity index (χ1v) is 7.74. The van der Waals surface area contributed by atoms with E-state index < -0.39 is 18.1 Å². The van der Waals surface area contributed by atoms with E-state index >= 15 is 0 Å². The number of hydrogen-bond donors (Lipinski definition) is 1. The van der Waals surface area contributed by atoms with Gasteiger partial charge in [-0.2, -0.15) is 0 Å². The molecule has 0 aromatic heterocycles. The Labute approximate surface area is 129 Å². The van der Waals surface area contributed by atoms with Crippen LogP contribution in [0.3, 0.4) is 0 Å². The molecule has 3 unspecified atom stereocenters. The fourth-order valence-corrected chi connectivity index (χ4v) is 4.01. The molecule has 5 heteroatoms. The van der Waals surface area contributed by atoms with Gasteiger partial charge in [0.25, 0.3) is 5.91 Å². The smallest absolute Gasteiger partial charge is 0.326 e. The Balaban J connectivity index is 1.85. The molecule has 1 aromatic carbocycles. The molecule has 0 bridgehead atoms. The van der Waals surface area contributed by atoms with Crippen molar-refractivity contribution in [1.29, 1.82) is 0 Å². The monoisotopic (exact) mass is 303 g/mol. The van der Waals surface area contributed by atoms with Gasteiger partial charge in [0.15, 0.2) is 6.10 Å². The first-order chi connectivity index (χ1) is 10.6. The molecule has 1 N–H and O–H groups in total. The Morgan fingerprint density at radius 2 is 2.00 bits per heavy atom. The highest BCUT2D eigenvalue weighted by Crippen LogP contribution is 2.43. The molecule has 1 heterocycles. The van der Waals surface area contributed by atoms with Gasteiger partial charge in [-0.25, -0.2) is 4.79 Å². The van der Waals surface area contributed by atoms with E-state index in [1.54, 1.807) is 0 Å². The minimum Gasteiger partial charge on any atom is -0.480 e. The fraction of sp³-hybridized carbons (Fsp3) is 0.529. The highest BCUT2D eigenvalue weighted by atomic mass is 16.5. The number of nitrogens with zero attached hydrogens (tertiary/aromatic N) is 1. The topological polar surface area (TPSA) is 66.8 Å². The van der Waals surface area contributed by atoms with Crippen LogP contribution in [0.4, 0.5) is 0 Å².